The van der Waals surface area contributed by atoms with E-state index in [1.807, 2.05) is 0 Å². The Morgan fingerprint density at radius 3 is 0.664 bits per heavy atom. The fourth-order valence-corrected chi connectivity index (χ4v) is 17.4. The average Bonchev–Trinajstić information content (AvgIpc) is 0.902. The highest BCUT2D eigenvalue weighted by atomic mass is 33.1. The molecule has 0 aliphatic rings. The van der Waals surface area contributed by atoms with Crippen molar-refractivity contribution in [2.45, 2.75) is 476 Å². The molecule has 6 atom stereocenters. The maximum Gasteiger partial charge on any atom is 0.472 e. The molecule has 0 saturated carbocycles. The largest absolute Gasteiger partial charge is 0.472 e. The van der Waals surface area contributed by atoms with Crippen molar-refractivity contribution in [1.29, 1.82) is 0 Å². The molecule has 0 heterocycles. The Morgan fingerprint density at radius 2 is 0.457 bits per heavy atom. The van der Waals surface area contributed by atoms with E-state index < -0.39 is 115 Å². The lowest BCUT2D eigenvalue weighted by atomic mass is 10.0. The number of hydrogen-bond acceptors (Lipinski definition) is 20. The number of hydrogen-bond donors (Lipinski definition) is 6. The Balaban J connectivity index is 5.12. The summed E-state index contributed by atoms with van der Waals surface area (Å²) in [5.74, 6) is -2.48. The zero-order chi connectivity index (χ0) is 85.0. The number of amides is 2. The Kier molecular flexibility index (Phi) is 84.5. The molecular formula is C90H174N2O20P2S2. The first-order valence-corrected chi connectivity index (χ1v) is 52.9. The molecule has 2 amide bonds. The molecule has 0 aliphatic carbocycles. The lowest BCUT2D eigenvalue weighted by Gasteiger charge is -2.21. The quantitative estimate of drug-likeness (QED) is 0.0108. The molecule has 22 nitrogen and oxygen atoms in total. The summed E-state index contributed by atoms with van der Waals surface area (Å²) in [5.41, 5.74) is 0. The Morgan fingerprint density at radius 1 is 0.267 bits per heavy atom. The first-order chi connectivity index (χ1) is 56.4. The van der Waals surface area contributed by atoms with Gasteiger partial charge in [0.2, 0.25) is 11.8 Å². The van der Waals surface area contributed by atoms with Crippen LogP contribution in [0, 0.1) is 0 Å². The van der Waals surface area contributed by atoms with Crippen LogP contribution < -0.4 is 10.6 Å². The number of phosphoric ester groups is 2. The van der Waals surface area contributed by atoms with E-state index in [0.29, 0.717) is 25.7 Å². The molecule has 0 aromatic rings. The van der Waals surface area contributed by atoms with Crippen LogP contribution in [0.15, 0.2) is 0 Å². The normalized spacial score (nSPS) is 13.7. The molecule has 0 fully saturated rings. The maximum atomic E-state index is 13.1. The lowest BCUT2D eigenvalue weighted by molar-refractivity contribution is -0.161. The fraction of sp³-hybridized carbons (Fsp3) is 0.933. The maximum absolute atomic E-state index is 13.1. The van der Waals surface area contributed by atoms with Crippen LogP contribution in [0.4, 0.5) is 0 Å². The minimum absolute atomic E-state index is 0.0288. The van der Waals surface area contributed by atoms with E-state index in [1.165, 1.54) is 291 Å². The molecule has 4 unspecified atom stereocenters. The standard InChI is InChI=1S/C90H174N2O20P2S2/c1-5-9-13-17-21-25-29-33-37-41-45-49-53-57-61-65-87(97)105-77-83(111-89(99)67-63-59-55-51-47-43-39-35-31-27-23-19-15-11-7-3)79-109-113(101,102)107-75-81(73-93)91-85(95)69-71-115-116-72-70-86(96)92-82(74-94)76-108-114(103,104)110-80-84(112-90(100)68-64-60-56-52-48-44-40-36-32-28-24-20-16-12-8-4)78-106-88(98)66-62-58-54-50-46-42-38-34-30-26-22-18-14-10-6-2/h81-84,93-94H,5-80H2,1-4H3,(H,91,95)(H,92,96)(H,101,102)(H,103,104)/t81?,82?,83-,84-/m1/s1. The van der Waals surface area contributed by atoms with Gasteiger partial charge in [0.1, 0.15) is 13.2 Å². The molecule has 0 rings (SSSR count). The highest BCUT2D eigenvalue weighted by molar-refractivity contribution is 8.76. The van der Waals surface area contributed by atoms with Crippen LogP contribution in [0.3, 0.4) is 0 Å². The fourth-order valence-electron chi connectivity index (χ4n) is 13.9. The number of ether oxygens (including phenoxy) is 4. The third kappa shape index (κ3) is 82.6. The highest BCUT2D eigenvalue weighted by Crippen LogP contribution is 2.44. The Labute approximate surface area is 714 Å². The van der Waals surface area contributed by atoms with E-state index in [4.69, 9.17) is 37.0 Å². The summed E-state index contributed by atoms with van der Waals surface area (Å²) >= 11 is 0. The van der Waals surface area contributed by atoms with Gasteiger partial charge in [-0.15, -0.1) is 0 Å². The number of esters is 4. The molecule has 116 heavy (non-hydrogen) atoms. The number of rotatable bonds is 93. The van der Waals surface area contributed by atoms with E-state index in [-0.39, 0.29) is 63.2 Å². The number of nitrogens with one attached hydrogen (secondary N) is 2. The molecule has 26 heteroatoms. The molecule has 6 N–H and O–H groups in total. The number of unbranched alkanes of at least 4 members (excludes halogenated alkanes) is 56. The van der Waals surface area contributed by atoms with E-state index in [2.05, 4.69) is 38.3 Å². The first-order valence-electron chi connectivity index (χ1n) is 47.4. The molecule has 0 aromatic carbocycles. The molecule has 0 aromatic heterocycles. The van der Waals surface area contributed by atoms with Crippen LogP contribution in [-0.4, -0.2) is 144 Å². The van der Waals surface area contributed by atoms with Crippen LogP contribution in [0.1, 0.15) is 451 Å². The zero-order valence-electron chi connectivity index (χ0n) is 74.1. The molecule has 0 radical (unpaired) electrons. The smallest absolute Gasteiger partial charge is 0.462 e. The van der Waals surface area contributed by atoms with Gasteiger partial charge in [0.25, 0.3) is 0 Å². The van der Waals surface area contributed by atoms with Gasteiger partial charge in [-0.25, -0.2) is 9.13 Å². The SMILES string of the molecule is CCCCCCCCCCCCCCCCCC(=O)OC[C@H](COP(=O)(O)OCC(CO)NC(=O)CCSSCCC(=O)NC(CO)COP(=O)(O)OC[C@@H](COC(=O)CCCCCCCCCCCCCCCCC)OC(=O)CCCCCCCCCCCCCCCCC)OC(=O)CCCCCCCCCCCCCCCCC. The molecule has 0 bridgehead atoms. The van der Waals surface area contributed by atoms with E-state index in [0.717, 1.165) is 89.9 Å². The second-order valence-electron chi connectivity index (χ2n) is 32.5. The predicted molar refractivity (Wildman–Crippen MR) is 476 cm³/mol. The van der Waals surface area contributed by atoms with Crippen LogP contribution in [-0.2, 0) is 74.9 Å². The second kappa shape index (κ2) is 86.2. The van der Waals surface area contributed by atoms with Crippen molar-refractivity contribution in [2.75, 3.05) is 64.4 Å². The monoisotopic (exact) mass is 1730 g/mol. The minimum Gasteiger partial charge on any atom is -0.462 e. The van der Waals surface area contributed by atoms with Crippen molar-refractivity contribution >= 4 is 72.9 Å². The van der Waals surface area contributed by atoms with Gasteiger partial charge in [0, 0.05) is 50.0 Å². The van der Waals surface area contributed by atoms with Gasteiger partial charge in [0.05, 0.1) is 51.7 Å². The molecule has 0 spiro atoms. The van der Waals surface area contributed by atoms with E-state index in [9.17, 15) is 57.9 Å². The number of phosphoric acid groups is 2. The van der Waals surface area contributed by atoms with Gasteiger partial charge < -0.3 is 49.6 Å². The minimum atomic E-state index is -4.86. The predicted octanol–water partition coefficient (Wildman–Crippen LogP) is 24.3. The summed E-state index contributed by atoms with van der Waals surface area (Å²) < 4.78 is 69.3. The summed E-state index contributed by atoms with van der Waals surface area (Å²) in [6, 6.07) is -2.19. The van der Waals surface area contributed by atoms with E-state index in [1.54, 1.807) is 0 Å². The van der Waals surface area contributed by atoms with Crippen LogP contribution in [0.2, 0.25) is 0 Å². The van der Waals surface area contributed by atoms with Gasteiger partial charge in [-0.2, -0.15) is 0 Å². The van der Waals surface area contributed by atoms with Crippen molar-refractivity contribution in [3.63, 3.8) is 0 Å². The van der Waals surface area contributed by atoms with Crippen LogP contribution >= 0.6 is 37.2 Å². The average molecular weight is 1730 g/mol. The molecule has 0 aliphatic heterocycles. The van der Waals surface area contributed by atoms with Crippen molar-refractivity contribution in [2.24, 2.45) is 0 Å². The molecule has 0 saturated heterocycles. The second-order valence-corrected chi connectivity index (χ2v) is 38.2. The number of carbonyl (C=O) groups is 6. The summed E-state index contributed by atoms with van der Waals surface area (Å²) in [6.45, 7) is 4.45. The number of aliphatic hydroxyl groups excluding tert-OH is 2. The third-order valence-electron chi connectivity index (χ3n) is 21.2. The first kappa shape index (κ1) is 114. The van der Waals surface area contributed by atoms with Gasteiger partial charge in [-0.3, -0.25) is 46.9 Å². The Hall–Kier alpha value is -2.34. The highest BCUT2D eigenvalue weighted by Gasteiger charge is 2.30. The zero-order valence-corrected chi connectivity index (χ0v) is 77.5. The lowest BCUT2D eigenvalue weighted by Crippen LogP contribution is -2.41. The van der Waals surface area contributed by atoms with Crippen molar-refractivity contribution in [3.05, 3.63) is 0 Å². The van der Waals surface area contributed by atoms with Crippen molar-refractivity contribution < 1.29 is 94.9 Å². The van der Waals surface area contributed by atoms with E-state index >= 15 is 0 Å². The topological polar surface area (TPSA) is 315 Å². The van der Waals surface area contributed by atoms with Gasteiger partial charge in [0.15, 0.2) is 12.2 Å². The number of aliphatic hydroxyl groups is 2. The van der Waals surface area contributed by atoms with Crippen LogP contribution in [0.25, 0.3) is 0 Å². The van der Waals surface area contributed by atoms with Gasteiger partial charge in [-0.05, 0) is 25.7 Å². The van der Waals surface area contributed by atoms with Crippen LogP contribution in [0.5, 0.6) is 0 Å². The summed E-state index contributed by atoms with van der Waals surface area (Å²) in [7, 11) is -7.15. The summed E-state index contributed by atoms with van der Waals surface area (Å²) in [5, 5.41) is 25.2. The van der Waals surface area contributed by atoms with Crippen molar-refractivity contribution in [1.82, 2.24) is 10.6 Å². The summed E-state index contributed by atoms with van der Waals surface area (Å²) in [6.07, 6.45) is 69.4. The molecular weight excluding hydrogens is 1560 g/mol. The van der Waals surface area contributed by atoms with Gasteiger partial charge >= 0.3 is 39.5 Å². The van der Waals surface area contributed by atoms with Crippen molar-refractivity contribution in [3.8, 4) is 0 Å². The molecule has 686 valence electrons. The summed E-state index contributed by atoms with van der Waals surface area (Å²) in [4.78, 5) is 99.0. The van der Waals surface area contributed by atoms with Gasteiger partial charge in [-0.1, -0.05) is 409 Å². The number of carbonyl (C=O) groups excluding carboxylic acids is 6. The Bertz CT molecular complexity index is 2200. The third-order valence-corrected chi connectivity index (χ3v) is 25.5.